The van der Waals surface area contributed by atoms with Crippen molar-refractivity contribution in [2.75, 3.05) is 34.0 Å². The predicted octanol–water partition coefficient (Wildman–Crippen LogP) is 3.46. The summed E-state index contributed by atoms with van der Waals surface area (Å²) >= 11 is 0. The van der Waals surface area contributed by atoms with Crippen LogP contribution in [0.4, 0.5) is 13.2 Å². The van der Waals surface area contributed by atoms with Crippen LogP contribution in [0.1, 0.15) is 45.1 Å². The van der Waals surface area contributed by atoms with Gasteiger partial charge in [0.25, 0.3) is 0 Å². The minimum atomic E-state index is -4.40. The molecule has 0 saturated carbocycles. The second kappa shape index (κ2) is 15.1. The molecule has 34 heavy (non-hydrogen) atoms. The second-order valence-corrected chi connectivity index (χ2v) is 8.77. The minimum absolute atomic E-state index is 0.125. The maximum absolute atomic E-state index is 12.2. The monoisotopic (exact) mass is 492 g/mol. The van der Waals surface area contributed by atoms with Gasteiger partial charge in [0.1, 0.15) is 0 Å². The summed E-state index contributed by atoms with van der Waals surface area (Å²) in [6.45, 7) is 5.03. The zero-order chi connectivity index (χ0) is 25.7. The van der Waals surface area contributed by atoms with Gasteiger partial charge in [0, 0.05) is 39.1 Å². The lowest BCUT2D eigenvalue weighted by Crippen LogP contribution is -2.45. The third-order valence-corrected chi connectivity index (χ3v) is 5.63. The van der Waals surface area contributed by atoms with E-state index in [4.69, 9.17) is 19.9 Å². The van der Waals surface area contributed by atoms with E-state index in [1.165, 1.54) is 0 Å². The Labute approximate surface area is 200 Å². The van der Waals surface area contributed by atoms with E-state index in [1.54, 1.807) is 14.2 Å². The number of ether oxygens (including phenoxy) is 3. The van der Waals surface area contributed by atoms with Crippen molar-refractivity contribution in [3.8, 4) is 11.5 Å². The normalized spacial score (nSPS) is 14.5. The molecule has 0 bridgehead atoms. The summed E-state index contributed by atoms with van der Waals surface area (Å²) < 4.78 is 53.0. The molecule has 0 aliphatic heterocycles. The van der Waals surface area contributed by atoms with Gasteiger partial charge in [-0.25, -0.2) is 0 Å². The van der Waals surface area contributed by atoms with Crippen LogP contribution >= 0.6 is 0 Å². The van der Waals surface area contributed by atoms with Crippen molar-refractivity contribution in [1.29, 1.82) is 0 Å². The Morgan fingerprint density at radius 3 is 2.47 bits per heavy atom. The van der Waals surface area contributed by atoms with Crippen LogP contribution in [0, 0.1) is 11.8 Å². The lowest BCUT2D eigenvalue weighted by Gasteiger charge is -2.27. The van der Waals surface area contributed by atoms with Gasteiger partial charge in [-0.1, -0.05) is 19.9 Å². The summed E-state index contributed by atoms with van der Waals surface area (Å²) in [6.07, 6.45) is -5.41. The van der Waals surface area contributed by atoms with E-state index in [2.05, 4.69) is 19.2 Å². The van der Waals surface area contributed by atoms with E-state index < -0.39 is 37.1 Å². The van der Waals surface area contributed by atoms with Gasteiger partial charge in [0.15, 0.2) is 11.5 Å². The Balaban J connectivity index is 2.68. The molecule has 196 valence electrons. The highest BCUT2D eigenvalue weighted by atomic mass is 19.4. The number of nitrogens with one attached hydrogen (secondary N) is 1. The summed E-state index contributed by atoms with van der Waals surface area (Å²) in [4.78, 5) is 11.6. The Morgan fingerprint density at radius 1 is 1.18 bits per heavy atom. The number of rotatable bonds is 16. The van der Waals surface area contributed by atoms with Gasteiger partial charge in [-0.3, -0.25) is 4.79 Å². The smallest absolute Gasteiger partial charge is 0.389 e. The van der Waals surface area contributed by atoms with E-state index in [0.717, 1.165) is 12.0 Å². The molecule has 0 spiro atoms. The number of hydrogen-bond acceptors (Lipinski definition) is 6. The second-order valence-electron chi connectivity index (χ2n) is 8.77. The number of aliphatic hydroxyl groups excluding tert-OH is 1. The molecule has 1 aromatic carbocycles. The molecule has 10 heteroatoms. The fourth-order valence-electron chi connectivity index (χ4n) is 3.46. The SMILES string of the molecule is COCCCOc1cc(C[C@@H](C[C@H](N)[C@@H](O)CNC(=O)CCC(F)(F)F)C(C)C)ccc1OC. The highest BCUT2D eigenvalue weighted by Gasteiger charge is 2.28. The van der Waals surface area contributed by atoms with E-state index >= 15 is 0 Å². The molecule has 0 saturated heterocycles. The van der Waals surface area contributed by atoms with Crippen LogP contribution in [0.15, 0.2) is 18.2 Å². The molecular formula is C24H39F3N2O5. The number of benzene rings is 1. The Bertz CT molecular complexity index is 731. The molecule has 0 aliphatic carbocycles. The highest BCUT2D eigenvalue weighted by Crippen LogP contribution is 2.31. The molecule has 0 radical (unpaired) electrons. The lowest BCUT2D eigenvalue weighted by molar-refractivity contribution is -0.144. The Kier molecular flexibility index (Phi) is 13.3. The van der Waals surface area contributed by atoms with Crippen molar-refractivity contribution in [2.24, 2.45) is 17.6 Å². The molecule has 1 aromatic rings. The van der Waals surface area contributed by atoms with Gasteiger partial charge in [-0.15, -0.1) is 0 Å². The molecule has 4 N–H and O–H groups in total. The largest absolute Gasteiger partial charge is 0.493 e. The molecule has 0 unspecified atom stereocenters. The van der Waals surface area contributed by atoms with Crippen molar-refractivity contribution in [1.82, 2.24) is 5.32 Å². The number of amides is 1. The third kappa shape index (κ3) is 11.9. The van der Waals surface area contributed by atoms with Crippen molar-refractivity contribution in [3.05, 3.63) is 23.8 Å². The van der Waals surface area contributed by atoms with E-state index in [-0.39, 0.29) is 18.4 Å². The number of aliphatic hydroxyl groups is 1. The number of carbonyl (C=O) groups is 1. The first-order valence-corrected chi connectivity index (χ1v) is 11.5. The van der Waals surface area contributed by atoms with Gasteiger partial charge in [-0.05, 0) is 42.4 Å². The zero-order valence-electron chi connectivity index (χ0n) is 20.5. The van der Waals surface area contributed by atoms with Gasteiger partial charge in [0.05, 0.1) is 26.2 Å². The van der Waals surface area contributed by atoms with Crippen molar-refractivity contribution < 1.29 is 37.3 Å². The highest BCUT2D eigenvalue weighted by molar-refractivity contribution is 5.75. The molecule has 3 atom stereocenters. The summed E-state index contributed by atoms with van der Waals surface area (Å²) in [5.41, 5.74) is 7.20. The number of hydrogen-bond donors (Lipinski definition) is 3. The molecule has 0 aromatic heterocycles. The topological polar surface area (TPSA) is 103 Å². The third-order valence-electron chi connectivity index (χ3n) is 5.63. The summed E-state index contributed by atoms with van der Waals surface area (Å²) in [6, 6.07) is 5.10. The van der Waals surface area contributed by atoms with Gasteiger partial charge in [-0.2, -0.15) is 13.2 Å². The van der Waals surface area contributed by atoms with Crippen molar-refractivity contribution in [3.63, 3.8) is 0 Å². The van der Waals surface area contributed by atoms with Gasteiger partial charge in [0.2, 0.25) is 5.91 Å². The van der Waals surface area contributed by atoms with Crippen LogP contribution < -0.4 is 20.5 Å². The maximum atomic E-state index is 12.2. The average Bonchev–Trinajstić information content (AvgIpc) is 2.77. The van der Waals surface area contributed by atoms with Crippen LogP contribution in [0.3, 0.4) is 0 Å². The van der Waals surface area contributed by atoms with Crippen molar-refractivity contribution in [2.45, 2.75) is 64.3 Å². The van der Waals surface area contributed by atoms with Crippen LogP contribution in [-0.2, 0) is 16.0 Å². The number of nitrogens with two attached hydrogens (primary N) is 1. The number of carbonyl (C=O) groups excluding carboxylic acids is 1. The fourth-order valence-corrected chi connectivity index (χ4v) is 3.46. The number of halogens is 3. The van der Waals surface area contributed by atoms with Crippen LogP contribution in [0.2, 0.25) is 0 Å². The fraction of sp³-hybridized carbons (Fsp3) is 0.708. The minimum Gasteiger partial charge on any atom is -0.493 e. The standard InChI is InChI=1S/C24H39F3N2O5/c1-16(2)18(14-19(28)20(30)15-29-23(31)8-9-24(25,26)27)12-17-6-7-21(33-4)22(13-17)34-11-5-10-32-3/h6-7,13,16,18-20,30H,5,8-12,14-15,28H2,1-4H3,(H,29,31)/t18-,19-,20-/m0/s1. The molecule has 0 fully saturated rings. The van der Waals surface area contributed by atoms with E-state index in [9.17, 15) is 23.1 Å². The number of alkyl halides is 3. The molecule has 1 rings (SSSR count). The molecule has 1 amide bonds. The molecule has 7 nitrogen and oxygen atoms in total. The Morgan fingerprint density at radius 2 is 1.88 bits per heavy atom. The Hall–Kier alpha value is -2.04. The van der Waals surface area contributed by atoms with Crippen molar-refractivity contribution >= 4 is 5.91 Å². The molecule has 0 heterocycles. The van der Waals surface area contributed by atoms with E-state index in [0.29, 0.717) is 37.6 Å². The predicted molar refractivity (Wildman–Crippen MR) is 124 cm³/mol. The maximum Gasteiger partial charge on any atom is 0.389 e. The molecule has 0 aliphatic rings. The van der Waals surface area contributed by atoms with Crippen LogP contribution in [0.25, 0.3) is 0 Å². The lowest BCUT2D eigenvalue weighted by atomic mass is 9.83. The zero-order valence-corrected chi connectivity index (χ0v) is 20.5. The van der Waals surface area contributed by atoms with Crippen LogP contribution in [0.5, 0.6) is 11.5 Å². The summed E-state index contributed by atoms with van der Waals surface area (Å²) in [7, 11) is 3.22. The van der Waals surface area contributed by atoms with Gasteiger partial charge < -0.3 is 30.4 Å². The quantitative estimate of drug-likeness (QED) is 0.306. The first kappa shape index (κ1) is 30.0. The first-order valence-electron chi connectivity index (χ1n) is 11.5. The van der Waals surface area contributed by atoms with Crippen LogP contribution in [-0.4, -0.2) is 63.3 Å². The van der Waals surface area contributed by atoms with E-state index in [1.807, 2.05) is 18.2 Å². The summed E-state index contributed by atoms with van der Waals surface area (Å²) in [5.74, 6) is 0.897. The summed E-state index contributed by atoms with van der Waals surface area (Å²) in [5, 5.41) is 12.7. The van der Waals surface area contributed by atoms with Gasteiger partial charge >= 0.3 is 6.18 Å². The number of methoxy groups -OCH3 is 2. The molecular weight excluding hydrogens is 453 g/mol. The average molecular weight is 493 g/mol. The first-order chi connectivity index (χ1) is 16.0.